The number of benzene rings is 2. The van der Waals surface area contributed by atoms with Gasteiger partial charge in [-0.15, -0.1) is 0 Å². The van der Waals surface area contributed by atoms with Crippen LogP contribution in [0.1, 0.15) is 27.9 Å². The first-order chi connectivity index (χ1) is 10.0. The molecule has 0 aliphatic heterocycles. The van der Waals surface area contributed by atoms with Crippen molar-refractivity contribution in [3.63, 3.8) is 0 Å². The quantitative estimate of drug-likeness (QED) is 0.766. The number of phenolic OH excluding ortho intramolecular Hbond substituents is 2. The highest BCUT2D eigenvalue weighted by atomic mass is 79.9. The summed E-state index contributed by atoms with van der Waals surface area (Å²) in [6, 6.07) is 10.0. The Labute approximate surface area is 130 Å². The van der Waals surface area contributed by atoms with E-state index in [1.807, 2.05) is 6.08 Å². The molecular formula is C17H13BrO3. The van der Waals surface area contributed by atoms with E-state index in [-0.39, 0.29) is 17.3 Å². The van der Waals surface area contributed by atoms with Crippen molar-refractivity contribution in [2.24, 2.45) is 0 Å². The maximum atomic E-state index is 12.5. The molecule has 106 valence electrons. The molecule has 0 bridgehead atoms. The summed E-state index contributed by atoms with van der Waals surface area (Å²) in [4.78, 5) is 12.5. The average Bonchev–Trinajstić information content (AvgIpc) is 2.46. The Morgan fingerprint density at radius 1 is 1.05 bits per heavy atom. The molecular weight excluding hydrogens is 332 g/mol. The van der Waals surface area contributed by atoms with E-state index in [2.05, 4.69) is 15.9 Å². The Balaban J connectivity index is 1.97. The van der Waals surface area contributed by atoms with Crippen molar-refractivity contribution < 1.29 is 15.0 Å². The van der Waals surface area contributed by atoms with Crippen molar-refractivity contribution in [3.05, 3.63) is 63.1 Å². The van der Waals surface area contributed by atoms with Crippen LogP contribution < -0.4 is 0 Å². The van der Waals surface area contributed by atoms with E-state index >= 15 is 0 Å². The van der Waals surface area contributed by atoms with E-state index in [1.165, 1.54) is 6.07 Å². The number of fused-ring (bicyclic) bond motifs is 1. The van der Waals surface area contributed by atoms with Crippen LogP contribution in [-0.4, -0.2) is 16.0 Å². The first-order valence-corrected chi connectivity index (χ1v) is 7.39. The van der Waals surface area contributed by atoms with E-state index in [1.54, 1.807) is 30.3 Å². The van der Waals surface area contributed by atoms with Crippen LogP contribution in [0.2, 0.25) is 0 Å². The fraction of sp³-hybridized carbons (Fsp3) is 0.118. The summed E-state index contributed by atoms with van der Waals surface area (Å²) in [5.41, 5.74) is 3.16. The van der Waals surface area contributed by atoms with Gasteiger partial charge in [-0.1, -0.05) is 6.07 Å². The second-order valence-electron chi connectivity index (χ2n) is 5.05. The molecule has 2 aromatic rings. The minimum Gasteiger partial charge on any atom is -0.508 e. The van der Waals surface area contributed by atoms with E-state index in [9.17, 15) is 15.0 Å². The standard InChI is InChI=1S/C17H13BrO3/c18-15-8-10(1-6-16(15)20)7-12-3-2-11-9-13(19)4-5-14(11)17(12)21/h1,4-9,19-20H,2-3H2/b12-7+. The van der Waals surface area contributed by atoms with Gasteiger partial charge in [0.15, 0.2) is 5.78 Å². The van der Waals surface area contributed by atoms with Crippen molar-refractivity contribution in [1.29, 1.82) is 0 Å². The lowest BCUT2D eigenvalue weighted by atomic mass is 9.86. The number of phenols is 2. The molecule has 1 aliphatic carbocycles. The van der Waals surface area contributed by atoms with Gasteiger partial charge in [-0.25, -0.2) is 0 Å². The summed E-state index contributed by atoms with van der Waals surface area (Å²) in [6.45, 7) is 0. The van der Waals surface area contributed by atoms with E-state index in [0.717, 1.165) is 23.1 Å². The lowest BCUT2D eigenvalue weighted by molar-refractivity contribution is 0.102. The second-order valence-corrected chi connectivity index (χ2v) is 5.91. The third kappa shape index (κ3) is 2.72. The molecule has 4 heteroatoms. The van der Waals surface area contributed by atoms with Gasteiger partial charge in [0.05, 0.1) is 4.47 Å². The lowest BCUT2D eigenvalue weighted by Crippen LogP contribution is -2.13. The minimum atomic E-state index is 0.000414. The predicted molar refractivity (Wildman–Crippen MR) is 84.5 cm³/mol. The van der Waals surface area contributed by atoms with Crippen molar-refractivity contribution in [1.82, 2.24) is 0 Å². The van der Waals surface area contributed by atoms with E-state index in [0.29, 0.717) is 16.5 Å². The number of carbonyl (C=O) groups is 1. The van der Waals surface area contributed by atoms with E-state index < -0.39 is 0 Å². The summed E-state index contributed by atoms with van der Waals surface area (Å²) in [6.07, 6.45) is 3.23. The highest BCUT2D eigenvalue weighted by molar-refractivity contribution is 9.10. The molecule has 0 atom stereocenters. The van der Waals surface area contributed by atoms with Crippen LogP contribution in [0.4, 0.5) is 0 Å². The highest BCUT2D eigenvalue weighted by Crippen LogP contribution is 2.30. The maximum absolute atomic E-state index is 12.5. The SMILES string of the molecule is O=C1/C(=C/c2ccc(O)c(Br)c2)CCc2cc(O)ccc21. The number of halogens is 1. The summed E-state index contributed by atoms with van der Waals surface area (Å²) >= 11 is 3.27. The monoisotopic (exact) mass is 344 g/mol. The molecule has 0 unspecified atom stereocenters. The van der Waals surface area contributed by atoms with Gasteiger partial charge < -0.3 is 10.2 Å². The van der Waals surface area contributed by atoms with Gasteiger partial charge in [0, 0.05) is 11.1 Å². The number of allylic oxidation sites excluding steroid dienone is 1. The molecule has 0 radical (unpaired) electrons. The van der Waals surface area contributed by atoms with Gasteiger partial charge >= 0.3 is 0 Å². The molecule has 21 heavy (non-hydrogen) atoms. The van der Waals surface area contributed by atoms with Gasteiger partial charge in [0.25, 0.3) is 0 Å². The molecule has 0 amide bonds. The second kappa shape index (κ2) is 5.37. The topological polar surface area (TPSA) is 57.5 Å². The Hall–Kier alpha value is -2.07. The number of Topliss-reactive ketones (excluding diaryl/α,β-unsaturated/α-hetero) is 1. The van der Waals surface area contributed by atoms with Gasteiger partial charge in [0.1, 0.15) is 11.5 Å². The van der Waals surface area contributed by atoms with Crippen molar-refractivity contribution in [2.45, 2.75) is 12.8 Å². The molecule has 0 aromatic heterocycles. The third-order valence-corrected chi connectivity index (χ3v) is 4.24. The Morgan fingerprint density at radius 2 is 1.86 bits per heavy atom. The number of ketones is 1. The number of hydrogen-bond donors (Lipinski definition) is 2. The van der Waals surface area contributed by atoms with E-state index in [4.69, 9.17) is 0 Å². The van der Waals surface area contributed by atoms with Crippen molar-refractivity contribution in [2.75, 3.05) is 0 Å². The van der Waals surface area contributed by atoms with Gasteiger partial charge in [-0.3, -0.25) is 4.79 Å². The van der Waals surface area contributed by atoms with Crippen LogP contribution >= 0.6 is 15.9 Å². The zero-order chi connectivity index (χ0) is 15.0. The number of rotatable bonds is 1. The molecule has 3 rings (SSSR count). The van der Waals surface area contributed by atoms with Crippen LogP contribution in [0.5, 0.6) is 11.5 Å². The van der Waals surface area contributed by atoms with Gasteiger partial charge in [-0.2, -0.15) is 0 Å². The normalized spacial score (nSPS) is 16.0. The van der Waals surface area contributed by atoms with Crippen molar-refractivity contribution in [3.8, 4) is 11.5 Å². The Kier molecular flexibility index (Phi) is 3.55. The van der Waals surface area contributed by atoms with Crippen molar-refractivity contribution >= 4 is 27.8 Å². The lowest BCUT2D eigenvalue weighted by Gasteiger charge is -2.17. The first-order valence-electron chi connectivity index (χ1n) is 6.60. The Morgan fingerprint density at radius 3 is 2.62 bits per heavy atom. The fourth-order valence-electron chi connectivity index (χ4n) is 2.52. The van der Waals surface area contributed by atoms with Crippen LogP contribution in [0, 0.1) is 0 Å². The summed E-state index contributed by atoms with van der Waals surface area (Å²) in [7, 11) is 0. The number of aromatic hydroxyl groups is 2. The molecule has 0 saturated heterocycles. The largest absolute Gasteiger partial charge is 0.508 e. The summed E-state index contributed by atoms with van der Waals surface area (Å²) < 4.78 is 0.602. The molecule has 0 saturated carbocycles. The molecule has 0 heterocycles. The Bertz CT molecular complexity index is 763. The number of aryl methyl sites for hydroxylation is 1. The number of hydrogen-bond acceptors (Lipinski definition) is 3. The molecule has 3 nitrogen and oxygen atoms in total. The summed E-state index contributed by atoms with van der Waals surface area (Å²) in [5, 5.41) is 19.0. The predicted octanol–water partition coefficient (Wildman–Crippen LogP) is 4.07. The fourth-order valence-corrected chi connectivity index (χ4v) is 2.91. The van der Waals surface area contributed by atoms with Crippen LogP contribution in [0.15, 0.2) is 46.4 Å². The molecule has 2 aromatic carbocycles. The molecule has 1 aliphatic rings. The minimum absolute atomic E-state index is 0.000414. The third-order valence-electron chi connectivity index (χ3n) is 3.60. The van der Waals surface area contributed by atoms with Crippen LogP contribution in [-0.2, 0) is 6.42 Å². The highest BCUT2D eigenvalue weighted by Gasteiger charge is 2.22. The molecule has 0 fully saturated rings. The van der Waals surface area contributed by atoms with Gasteiger partial charge in [0.2, 0.25) is 0 Å². The first kappa shape index (κ1) is 13.9. The maximum Gasteiger partial charge on any atom is 0.189 e. The van der Waals surface area contributed by atoms with Crippen LogP contribution in [0.25, 0.3) is 6.08 Å². The summed E-state index contributed by atoms with van der Waals surface area (Å²) in [5.74, 6) is 0.366. The molecule has 0 spiro atoms. The molecule has 2 N–H and O–H groups in total. The zero-order valence-electron chi connectivity index (χ0n) is 11.1. The average molecular weight is 345 g/mol. The zero-order valence-corrected chi connectivity index (χ0v) is 12.7. The number of carbonyl (C=O) groups excluding carboxylic acids is 1. The van der Waals surface area contributed by atoms with Gasteiger partial charge in [-0.05, 0) is 76.3 Å². The van der Waals surface area contributed by atoms with Crippen LogP contribution in [0.3, 0.4) is 0 Å². The smallest absolute Gasteiger partial charge is 0.189 e.